The van der Waals surface area contributed by atoms with Crippen LogP contribution in [0.2, 0.25) is 5.02 Å². The summed E-state index contributed by atoms with van der Waals surface area (Å²) < 4.78 is 34.1. The minimum Gasteiger partial charge on any atom is -0.477 e. The van der Waals surface area contributed by atoms with Gasteiger partial charge in [0.15, 0.2) is 10.6 Å². The molecule has 3 saturated carbocycles. The molecule has 3 aliphatic carbocycles. The van der Waals surface area contributed by atoms with Crippen LogP contribution in [0.5, 0.6) is 5.75 Å². The molecule has 0 aliphatic heterocycles. The van der Waals surface area contributed by atoms with E-state index in [2.05, 4.69) is 9.71 Å². The third-order valence-corrected chi connectivity index (χ3v) is 8.75. The van der Waals surface area contributed by atoms with Gasteiger partial charge in [0.2, 0.25) is 0 Å². The van der Waals surface area contributed by atoms with Crippen LogP contribution in [-0.4, -0.2) is 39.0 Å². The Morgan fingerprint density at radius 2 is 1.88 bits per heavy atom. The van der Waals surface area contributed by atoms with E-state index in [9.17, 15) is 13.2 Å². The molecule has 0 atom stereocenters. The third kappa shape index (κ3) is 4.19. The molecule has 2 aromatic rings. The van der Waals surface area contributed by atoms with Crippen LogP contribution in [0.1, 0.15) is 56.4 Å². The van der Waals surface area contributed by atoms with Crippen LogP contribution in [-0.2, 0) is 14.8 Å². The lowest BCUT2D eigenvalue weighted by Gasteiger charge is -2.54. The van der Waals surface area contributed by atoms with Gasteiger partial charge in [-0.25, -0.2) is 9.71 Å². The Morgan fingerprint density at radius 3 is 2.48 bits per heavy atom. The lowest BCUT2D eigenvalue weighted by atomic mass is 9.50. The Bertz CT molecular complexity index is 1200. The van der Waals surface area contributed by atoms with E-state index in [-0.39, 0.29) is 5.03 Å². The number of carbonyl (C=O) groups excluding carboxylic acids is 1. The zero-order valence-corrected chi connectivity index (χ0v) is 20.4. The van der Waals surface area contributed by atoms with Gasteiger partial charge in [0.1, 0.15) is 11.6 Å². The summed E-state index contributed by atoms with van der Waals surface area (Å²) in [5.41, 5.74) is 0.348. The topological polar surface area (TPSA) is 88.6 Å². The molecule has 176 valence electrons. The second kappa shape index (κ2) is 7.87. The Balaban J connectivity index is 1.33. The van der Waals surface area contributed by atoms with Gasteiger partial charge < -0.3 is 9.64 Å². The zero-order valence-electron chi connectivity index (χ0n) is 18.8. The van der Waals surface area contributed by atoms with Crippen LogP contribution in [0.15, 0.2) is 41.4 Å². The molecule has 9 heteroatoms. The minimum absolute atomic E-state index is 0.207. The van der Waals surface area contributed by atoms with Crippen LogP contribution in [0.4, 0.5) is 5.82 Å². The molecule has 3 aliphatic rings. The molecule has 3 fully saturated rings. The number of hydrogen-bond acceptors (Lipinski definition) is 6. The van der Waals surface area contributed by atoms with E-state index in [4.69, 9.17) is 16.3 Å². The van der Waals surface area contributed by atoms with Crippen molar-refractivity contribution in [2.75, 3.05) is 19.0 Å². The molecule has 0 bridgehead atoms. The SMILES string of the molecule is CN(C)c1cccc(S(=O)(=O)NC(=O)C2(Oc3cc(Cl)ccc3C3CC4(CCC4)C3)CC2)n1. The van der Waals surface area contributed by atoms with Crippen molar-refractivity contribution in [3.8, 4) is 5.75 Å². The number of sulfonamides is 1. The summed E-state index contributed by atoms with van der Waals surface area (Å²) in [7, 11) is -0.602. The normalized spacial score (nSPS) is 20.5. The third-order valence-electron chi connectivity index (χ3n) is 7.28. The molecule has 1 spiro atoms. The van der Waals surface area contributed by atoms with Gasteiger partial charge in [-0.05, 0) is 66.8 Å². The second-order valence-corrected chi connectivity index (χ2v) is 12.0. The summed E-state index contributed by atoms with van der Waals surface area (Å²) in [5, 5.41) is 0.321. The maximum atomic E-state index is 13.1. The predicted octanol–water partition coefficient (Wildman–Crippen LogP) is 4.27. The minimum atomic E-state index is -4.13. The van der Waals surface area contributed by atoms with Gasteiger partial charge in [0.25, 0.3) is 15.9 Å². The second-order valence-electron chi connectivity index (χ2n) is 9.90. The van der Waals surface area contributed by atoms with Gasteiger partial charge in [-0.2, -0.15) is 8.42 Å². The quantitative estimate of drug-likeness (QED) is 0.625. The first-order valence-corrected chi connectivity index (χ1v) is 13.2. The zero-order chi connectivity index (χ0) is 23.4. The number of nitrogens with zero attached hydrogens (tertiary/aromatic N) is 2. The van der Waals surface area contributed by atoms with Crippen LogP contribution >= 0.6 is 11.6 Å². The summed E-state index contributed by atoms with van der Waals surface area (Å²) in [6, 6.07) is 10.2. The van der Waals surface area contributed by atoms with E-state index in [1.54, 1.807) is 37.2 Å². The maximum Gasteiger partial charge on any atom is 0.281 e. The predicted molar refractivity (Wildman–Crippen MR) is 126 cm³/mol. The highest BCUT2D eigenvalue weighted by molar-refractivity contribution is 7.90. The fourth-order valence-corrected chi connectivity index (χ4v) is 6.16. The molecule has 1 heterocycles. The van der Waals surface area contributed by atoms with Gasteiger partial charge in [-0.1, -0.05) is 30.2 Å². The molecular weight excluding hydrogens is 462 g/mol. The van der Waals surface area contributed by atoms with Crippen molar-refractivity contribution in [2.24, 2.45) is 5.41 Å². The van der Waals surface area contributed by atoms with E-state index >= 15 is 0 Å². The standard InChI is InChI=1S/C24H28ClN3O4S/c1-28(2)20-5-3-6-21(26-20)33(30,31)27-22(29)24(11-12-24)32-19-13-17(25)7-8-18(19)16-14-23(15-16)9-4-10-23/h3,5-8,13,16H,4,9-12,14-15H2,1-2H3,(H,27,29). The molecule has 0 radical (unpaired) electrons. The highest BCUT2D eigenvalue weighted by Crippen LogP contribution is 2.63. The summed E-state index contributed by atoms with van der Waals surface area (Å²) in [4.78, 5) is 18.9. The van der Waals surface area contributed by atoms with E-state index < -0.39 is 21.5 Å². The van der Waals surface area contributed by atoms with E-state index in [1.807, 2.05) is 12.1 Å². The number of amides is 1. The number of ether oxygens (including phenoxy) is 1. The number of aromatic nitrogens is 1. The number of hydrogen-bond donors (Lipinski definition) is 1. The number of anilines is 1. The first kappa shape index (κ1) is 22.5. The number of nitrogens with one attached hydrogen (secondary N) is 1. The summed E-state index contributed by atoms with van der Waals surface area (Å²) in [5.74, 6) is 0.781. The summed E-state index contributed by atoms with van der Waals surface area (Å²) >= 11 is 6.24. The highest BCUT2D eigenvalue weighted by Gasteiger charge is 2.55. The van der Waals surface area contributed by atoms with Crippen molar-refractivity contribution in [1.29, 1.82) is 0 Å². The fraction of sp³-hybridized carbons (Fsp3) is 0.500. The number of pyridine rings is 1. The van der Waals surface area contributed by atoms with Crippen LogP contribution in [0.25, 0.3) is 0 Å². The Morgan fingerprint density at radius 1 is 1.15 bits per heavy atom. The summed E-state index contributed by atoms with van der Waals surface area (Å²) in [6.45, 7) is 0. The maximum absolute atomic E-state index is 13.1. The molecule has 1 aromatic heterocycles. The molecule has 0 saturated heterocycles. The first-order chi connectivity index (χ1) is 15.6. The number of carbonyl (C=O) groups is 1. The van der Waals surface area contributed by atoms with Crippen molar-refractivity contribution < 1.29 is 17.9 Å². The Kier molecular flexibility index (Phi) is 5.36. The van der Waals surface area contributed by atoms with Crippen molar-refractivity contribution in [3.63, 3.8) is 0 Å². The largest absolute Gasteiger partial charge is 0.477 e. The van der Waals surface area contributed by atoms with Gasteiger partial charge in [-0.3, -0.25) is 4.79 Å². The fourth-order valence-electron chi connectivity index (χ4n) is 4.99. The highest BCUT2D eigenvalue weighted by atomic mass is 35.5. The molecule has 0 unspecified atom stereocenters. The molecule has 5 rings (SSSR count). The van der Waals surface area contributed by atoms with Gasteiger partial charge in [-0.15, -0.1) is 0 Å². The van der Waals surface area contributed by atoms with Gasteiger partial charge in [0.05, 0.1) is 0 Å². The van der Waals surface area contributed by atoms with Crippen molar-refractivity contribution >= 4 is 33.3 Å². The van der Waals surface area contributed by atoms with E-state index in [0.29, 0.717) is 40.8 Å². The number of benzene rings is 1. The van der Waals surface area contributed by atoms with Gasteiger partial charge >= 0.3 is 0 Å². The van der Waals surface area contributed by atoms with Crippen molar-refractivity contribution in [3.05, 3.63) is 47.0 Å². The molecule has 1 aromatic carbocycles. The van der Waals surface area contributed by atoms with Crippen molar-refractivity contribution in [2.45, 2.75) is 61.5 Å². The van der Waals surface area contributed by atoms with Gasteiger partial charge in [0, 0.05) is 32.0 Å². The lowest BCUT2D eigenvalue weighted by Crippen LogP contribution is -2.44. The molecule has 1 N–H and O–H groups in total. The summed E-state index contributed by atoms with van der Waals surface area (Å²) in [6.07, 6.45) is 7.04. The average Bonchev–Trinajstić information content (AvgIpc) is 3.48. The molecule has 1 amide bonds. The molecular formula is C24H28ClN3O4S. The Labute approximate surface area is 199 Å². The number of halogens is 1. The van der Waals surface area contributed by atoms with E-state index in [1.165, 1.54) is 25.3 Å². The van der Waals surface area contributed by atoms with Crippen molar-refractivity contribution in [1.82, 2.24) is 9.71 Å². The smallest absolute Gasteiger partial charge is 0.281 e. The molecule has 33 heavy (non-hydrogen) atoms. The first-order valence-electron chi connectivity index (χ1n) is 11.3. The van der Waals surface area contributed by atoms with Crippen LogP contribution in [0.3, 0.4) is 0 Å². The monoisotopic (exact) mass is 489 g/mol. The Hall–Kier alpha value is -2.32. The van der Waals surface area contributed by atoms with Crippen LogP contribution < -0.4 is 14.4 Å². The number of rotatable bonds is 7. The average molecular weight is 490 g/mol. The van der Waals surface area contributed by atoms with Crippen LogP contribution in [0, 0.1) is 5.41 Å². The lowest BCUT2D eigenvalue weighted by molar-refractivity contribution is -0.128. The molecule has 7 nitrogen and oxygen atoms in total. The van der Waals surface area contributed by atoms with E-state index in [0.717, 1.165) is 18.4 Å².